The van der Waals surface area contributed by atoms with Gasteiger partial charge < -0.3 is 4.52 Å². The van der Waals surface area contributed by atoms with Gasteiger partial charge in [0.15, 0.2) is 0 Å². The highest BCUT2D eigenvalue weighted by Gasteiger charge is 2.47. The summed E-state index contributed by atoms with van der Waals surface area (Å²) in [6, 6.07) is 10.4. The van der Waals surface area contributed by atoms with E-state index in [-0.39, 0.29) is 11.3 Å². The zero-order valence-electron chi connectivity index (χ0n) is 10.4. The summed E-state index contributed by atoms with van der Waals surface area (Å²) in [6.45, 7) is 1.78. The van der Waals surface area contributed by atoms with Crippen LogP contribution in [0.4, 0.5) is 0 Å². The van der Waals surface area contributed by atoms with Crippen molar-refractivity contribution in [3.05, 3.63) is 35.9 Å². The zero-order valence-corrected chi connectivity index (χ0v) is 12.1. The molecule has 1 aromatic rings. The standard InChI is InChI=1S/C12H18NO2PS/c1-4-15-16(14)13(3)10(2)12(17-16)11-8-6-5-7-9-11/h5-10,12H,4H2,1-3H3/t10-,12-,16?/m0/s1. The summed E-state index contributed by atoms with van der Waals surface area (Å²) in [5.41, 5.74) is 1.22. The lowest BCUT2D eigenvalue weighted by molar-refractivity contribution is 0.285. The Labute approximate surface area is 107 Å². The minimum Gasteiger partial charge on any atom is -0.310 e. The van der Waals surface area contributed by atoms with Crippen LogP contribution in [0.5, 0.6) is 0 Å². The van der Waals surface area contributed by atoms with E-state index in [9.17, 15) is 4.57 Å². The van der Waals surface area contributed by atoms with Crippen molar-refractivity contribution in [2.24, 2.45) is 0 Å². The smallest absolute Gasteiger partial charge is 0.310 e. The number of hydrogen-bond donors (Lipinski definition) is 0. The number of benzene rings is 1. The SMILES string of the molecule is CCOP1(=O)S[C@H](c2ccccc2)[C@H](C)N1C. The van der Waals surface area contributed by atoms with Crippen LogP contribution in [0.25, 0.3) is 0 Å². The highest BCUT2D eigenvalue weighted by atomic mass is 32.7. The quantitative estimate of drug-likeness (QED) is 0.779. The minimum atomic E-state index is -2.69. The van der Waals surface area contributed by atoms with Crippen molar-refractivity contribution in [3.8, 4) is 0 Å². The van der Waals surface area contributed by atoms with Gasteiger partial charge in [0.25, 0.3) is 0 Å². The Balaban J connectivity index is 2.26. The molecule has 1 aliphatic rings. The predicted molar refractivity (Wildman–Crippen MR) is 73.2 cm³/mol. The van der Waals surface area contributed by atoms with Crippen molar-refractivity contribution in [1.29, 1.82) is 0 Å². The Morgan fingerprint density at radius 3 is 2.65 bits per heavy atom. The molecular formula is C12H18NO2PS. The van der Waals surface area contributed by atoms with Gasteiger partial charge in [-0.05, 0) is 37.8 Å². The zero-order chi connectivity index (χ0) is 12.5. The number of nitrogens with zero attached hydrogens (tertiary/aromatic N) is 1. The van der Waals surface area contributed by atoms with Gasteiger partial charge in [0, 0.05) is 6.04 Å². The average molecular weight is 271 g/mol. The Morgan fingerprint density at radius 2 is 2.06 bits per heavy atom. The predicted octanol–water partition coefficient (Wildman–Crippen LogP) is 3.94. The van der Waals surface area contributed by atoms with Crippen LogP contribution < -0.4 is 0 Å². The Kier molecular flexibility index (Phi) is 3.99. The molecule has 2 rings (SSSR count). The summed E-state index contributed by atoms with van der Waals surface area (Å²) >= 11 is 1.47. The third-order valence-corrected chi connectivity index (χ3v) is 8.53. The molecule has 0 saturated carbocycles. The maximum absolute atomic E-state index is 12.6. The van der Waals surface area contributed by atoms with E-state index in [1.165, 1.54) is 16.9 Å². The first-order valence-electron chi connectivity index (χ1n) is 5.79. The molecule has 0 bridgehead atoms. The van der Waals surface area contributed by atoms with E-state index in [4.69, 9.17) is 4.52 Å². The van der Waals surface area contributed by atoms with Crippen LogP contribution in [0.2, 0.25) is 0 Å². The second-order valence-corrected chi connectivity index (χ2v) is 8.70. The van der Waals surface area contributed by atoms with Crippen molar-refractivity contribution in [3.63, 3.8) is 0 Å². The molecule has 1 aromatic carbocycles. The van der Waals surface area contributed by atoms with Crippen LogP contribution in [-0.4, -0.2) is 24.4 Å². The lowest BCUT2D eigenvalue weighted by atomic mass is 10.1. The monoisotopic (exact) mass is 271 g/mol. The summed E-state index contributed by atoms with van der Waals surface area (Å²) in [5.74, 6) is 0. The summed E-state index contributed by atoms with van der Waals surface area (Å²) in [5, 5.41) is 0.221. The molecule has 3 nitrogen and oxygen atoms in total. The van der Waals surface area contributed by atoms with E-state index in [0.717, 1.165) is 0 Å². The molecule has 0 spiro atoms. The number of hydrogen-bond acceptors (Lipinski definition) is 3. The van der Waals surface area contributed by atoms with Crippen molar-refractivity contribution < 1.29 is 9.09 Å². The topological polar surface area (TPSA) is 29.5 Å². The molecule has 0 N–H and O–H groups in total. The van der Waals surface area contributed by atoms with Gasteiger partial charge in [0.1, 0.15) is 0 Å². The average Bonchev–Trinajstić information content (AvgIpc) is 2.56. The molecule has 1 fully saturated rings. The summed E-state index contributed by atoms with van der Waals surface area (Å²) < 4.78 is 20.0. The molecule has 1 heterocycles. The highest BCUT2D eigenvalue weighted by Crippen LogP contribution is 2.73. The second kappa shape index (κ2) is 5.15. The van der Waals surface area contributed by atoms with Gasteiger partial charge in [-0.25, -0.2) is 4.67 Å². The molecular weight excluding hydrogens is 253 g/mol. The molecule has 3 atom stereocenters. The maximum atomic E-state index is 12.6. The molecule has 1 unspecified atom stereocenters. The number of likely N-dealkylation sites (N-methyl/N-ethyl adjacent to an activating group) is 1. The van der Waals surface area contributed by atoms with Gasteiger partial charge in [0.2, 0.25) is 0 Å². The van der Waals surface area contributed by atoms with Crippen molar-refractivity contribution in [2.75, 3.05) is 13.7 Å². The van der Waals surface area contributed by atoms with Gasteiger partial charge in [-0.2, -0.15) is 0 Å². The van der Waals surface area contributed by atoms with Gasteiger partial charge in [0.05, 0.1) is 11.9 Å². The van der Waals surface area contributed by atoms with Gasteiger partial charge in [-0.1, -0.05) is 30.3 Å². The second-order valence-electron chi connectivity index (χ2n) is 4.14. The third kappa shape index (κ3) is 2.45. The molecule has 5 heteroatoms. The first-order valence-corrected chi connectivity index (χ1v) is 8.86. The van der Waals surface area contributed by atoms with Crippen molar-refractivity contribution >= 4 is 18.1 Å². The maximum Gasteiger partial charge on any atom is 0.329 e. The minimum absolute atomic E-state index is 0.221. The lowest BCUT2D eigenvalue weighted by Gasteiger charge is -2.21. The Hall–Kier alpha value is -0.280. The molecule has 0 aliphatic carbocycles. The van der Waals surface area contributed by atoms with Crippen molar-refractivity contribution in [1.82, 2.24) is 4.67 Å². The van der Waals surface area contributed by atoms with E-state index in [2.05, 4.69) is 19.1 Å². The van der Waals surface area contributed by atoms with E-state index >= 15 is 0 Å². The summed E-state index contributed by atoms with van der Waals surface area (Å²) in [7, 11) is 1.89. The van der Waals surface area contributed by atoms with E-state index in [1.807, 2.05) is 36.8 Å². The first-order chi connectivity index (χ1) is 8.08. The van der Waals surface area contributed by atoms with Crippen LogP contribution >= 0.6 is 18.1 Å². The van der Waals surface area contributed by atoms with Gasteiger partial charge in [-0.15, -0.1) is 0 Å². The molecule has 1 aliphatic heterocycles. The fourth-order valence-corrected chi connectivity index (χ4v) is 7.45. The third-order valence-electron chi connectivity index (χ3n) is 3.08. The summed E-state index contributed by atoms with van der Waals surface area (Å²) in [4.78, 5) is 0. The van der Waals surface area contributed by atoms with Crippen LogP contribution in [0.3, 0.4) is 0 Å². The normalized spacial score (nSPS) is 34.1. The van der Waals surface area contributed by atoms with E-state index < -0.39 is 6.72 Å². The van der Waals surface area contributed by atoms with Crippen LogP contribution in [0.1, 0.15) is 24.7 Å². The van der Waals surface area contributed by atoms with Crippen LogP contribution in [0, 0.1) is 0 Å². The van der Waals surface area contributed by atoms with Crippen LogP contribution in [0.15, 0.2) is 30.3 Å². The first kappa shape index (κ1) is 13.2. The molecule has 94 valence electrons. The molecule has 1 saturated heterocycles. The highest BCUT2D eigenvalue weighted by molar-refractivity contribution is 8.56. The molecule has 0 amide bonds. The molecule has 0 radical (unpaired) electrons. The van der Waals surface area contributed by atoms with Crippen molar-refractivity contribution in [2.45, 2.75) is 25.1 Å². The number of rotatable bonds is 3. The van der Waals surface area contributed by atoms with Gasteiger partial charge >= 0.3 is 6.72 Å². The molecule has 17 heavy (non-hydrogen) atoms. The lowest BCUT2D eigenvalue weighted by Crippen LogP contribution is -2.23. The Morgan fingerprint density at radius 1 is 1.41 bits per heavy atom. The largest absolute Gasteiger partial charge is 0.329 e. The van der Waals surface area contributed by atoms with Crippen LogP contribution in [-0.2, 0) is 9.09 Å². The molecule has 0 aromatic heterocycles. The van der Waals surface area contributed by atoms with Gasteiger partial charge in [-0.3, -0.25) is 4.57 Å². The fourth-order valence-electron chi connectivity index (χ4n) is 1.99. The summed E-state index contributed by atoms with van der Waals surface area (Å²) in [6.07, 6.45) is 0. The Bertz CT molecular complexity index is 426. The van der Waals surface area contributed by atoms with E-state index in [0.29, 0.717) is 6.61 Å². The van der Waals surface area contributed by atoms with E-state index in [1.54, 1.807) is 0 Å². The fraction of sp³-hybridized carbons (Fsp3) is 0.500.